The van der Waals surface area contributed by atoms with Gasteiger partial charge in [0.05, 0.1) is 15.4 Å². The maximum absolute atomic E-state index is 11.3. The van der Waals surface area contributed by atoms with Crippen LogP contribution in [0.1, 0.15) is 11.1 Å². The van der Waals surface area contributed by atoms with Gasteiger partial charge in [0.1, 0.15) is 11.8 Å². The summed E-state index contributed by atoms with van der Waals surface area (Å²) in [6.07, 6.45) is 0. The SMILES string of the molecule is C/N=N/c1c(Nc2ccc(S(=O)(=O)O)cc2)nc(Nc2ccc(S(=O)(=O)O)cc2)c(C#N)c1C. The van der Waals surface area contributed by atoms with Gasteiger partial charge in [0.15, 0.2) is 11.6 Å². The summed E-state index contributed by atoms with van der Waals surface area (Å²) >= 11 is 0. The topological polar surface area (TPSA) is 194 Å². The molecule has 0 spiro atoms. The number of hydrogen-bond acceptors (Lipinski definition) is 10. The summed E-state index contributed by atoms with van der Waals surface area (Å²) in [7, 11) is -7.27. The molecule has 0 amide bonds. The predicted octanol–water partition coefficient (Wildman–Crippen LogP) is 3.96. The van der Waals surface area contributed by atoms with Crippen LogP contribution in [0, 0.1) is 18.3 Å². The van der Waals surface area contributed by atoms with Gasteiger partial charge in [-0.25, -0.2) is 4.98 Å². The molecule has 14 heteroatoms. The average Bonchev–Trinajstić information content (AvgIpc) is 2.76. The van der Waals surface area contributed by atoms with E-state index in [1.165, 1.54) is 55.6 Å². The van der Waals surface area contributed by atoms with E-state index < -0.39 is 20.2 Å². The molecule has 0 aliphatic heterocycles. The molecule has 0 fully saturated rings. The van der Waals surface area contributed by atoms with Crippen molar-refractivity contribution in [1.82, 2.24) is 4.98 Å². The summed E-state index contributed by atoms with van der Waals surface area (Å²) < 4.78 is 63.3. The van der Waals surface area contributed by atoms with Crippen molar-refractivity contribution in [3.63, 3.8) is 0 Å². The minimum Gasteiger partial charge on any atom is -0.339 e. The Labute approximate surface area is 195 Å². The summed E-state index contributed by atoms with van der Waals surface area (Å²) in [4.78, 5) is 3.84. The molecule has 34 heavy (non-hydrogen) atoms. The lowest BCUT2D eigenvalue weighted by Gasteiger charge is -2.16. The lowest BCUT2D eigenvalue weighted by Crippen LogP contribution is -2.05. The van der Waals surface area contributed by atoms with Gasteiger partial charge in [-0.05, 0) is 55.5 Å². The first-order chi connectivity index (χ1) is 15.9. The highest BCUT2D eigenvalue weighted by Gasteiger charge is 2.19. The minimum atomic E-state index is -4.36. The van der Waals surface area contributed by atoms with Crippen molar-refractivity contribution in [2.75, 3.05) is 17.7 Å². The standard InChI is InChI=1S/C20H18N6O6S2/c1-12-17(11-21)19(23-13-3-7-15(8-4-13)33(27,28)29)25-20(18(12)26-22-2)24-14-5-9-16(10-6-14)34(30,31)32/h3-10H,1-2H3,(H2,23,24,25)(H,27,28,29)(H,30,31,32)/b26-22+. The van der Waals surface area contributed by atoms with E-state index in [0.717, 1.165) is 0 Å². The summed E-state index contributed by atoms with van der Waals surface area (Å²) in [5.74, 6) is 0.325. The van der Waals surface area contributed by atoms with Crippen LogP contribution in [0.5, 0.6) is 0 Å². The van der Waals surface area contributed by atoms with Crippen LogP contribution in [-0.2, 0) is 20.2 Å². The maximum atomic E-state index is 11.3. The van der Waals surface area contributed by atoms with Gasteiger partial charge in [-0.3, -0.25) is 9.11 Å². The Morgan fingerprint density at radius 3 is 1.68 bits per heavy atom. The number of nitriles is 1. The molecule has 0 unspecified atom stereocenters. The fourth-order valence-electron chi connectivity index (χ4n) is 2.92. The highest BCUT2D eigenvalue weighted by atomic mass is 32.2. The molecule has 176 valence electrons. The Kier molecular flexibility index (Phi) is 6.93. The number of aromatic nitrogens is 1. The number of nitrogens with zero attached hydrogens (tertiary/aromatic N) is 4. The summed E-state index contributed by atoms with van der Waals surface area (Å²) in [5, 5.41) is 23.4. The van der Waals surface area contributed by atoms with Crippen LogP contribution in [0.25, 0.3) is 0 Å². The van der Waals surface area contributed by atoms with Crippen LogP contribution in [0.2, 0.25) is 0 Å². The van der Waals surface area contributed by atoms with E-state index >= 15 is 0 Å². The highest BCUT2D eigenvalue weighted by Crippen LogP contribution is 2.36. The first-order valence-electron chi connectivity index (χ1n) is 9.37. The van der Waals surface area contributed by atoms with E-state index in [9.17, 15) is 22.1 Å². The molecule has 0 aliphatic carbocycles. The van der Waals surface area contributed by atoms with Crippen LogP contribution in [0.4, 0.5) is 28.7 Å². The number of benzene rings is 2. The Balaban J connectivity index is 2.05. The van der Waals surface area contributed by atoms with Crippen molar-refractivity contribution in [3.05, 3.63) is 59.7 Å². The largest absolute Gasteiger partial charge is 0.339 e. The molecule has 12 nitrogen and oxygen atoms in total. The van der Waals surface area contributed by atoms with Gasteiger partial charge in [-0.2, -0.15) is 32.3 Å². The lowest BCUT2D eigenvalue weighted by atomic mass is 10.1. The van der Waals surface area contributed by atoms with Crippen molar-refractivity contribution < 1.29 is 25.9 Å². The minimum absolute atomic E-state index is 0.131. The number of rotatable bonds is 7. The molecule has 0 saturated carbocycles. The molecule has 3 rings (SSSR count). The fraction of sp³-hybridized carbons (Fsp3) is 0.100. The molecule has 4 N–H and O–H groups in total. The van der Waals surface area contributed by atoms with E-state index in [2.05, 4.69) is 25.8 Å². The fourth-order valence-corrected chi connectivity index (χ4v) is 3.88. The zero-order valence-corrected chi connectivity index (χ0v) is 19.4. The van der Waals surface area contributed by atoms with Crippen molar-refractivity contribution in [1.29, 1.82) is 5.26 Å². The third-order valence-electron chi connectivity index (χ3n) is 4.56. The van der Waals surface area contributed by atoms with Crippen LogP contribution in [0.3, 0.4) is 0 Å². The molecule has 1 heterocycles. The number of azo groups is 1. The average molecular weight is 503 g/mol. The maximum Gasteiger partial charge on any atom is 0.294 e. The van der Waals surface area contributed by atoms with Crippen molar-refractivity contribution in [2.24, 2.45) is 10.2 Å². The van der Waals surface area contributed by atoms with E-state index in [0.29, 0.717) is 16.9 Å². The Hall–Kier alpha value is -3.90. The van der Waals surface area contributed by atoms with Gasteiger partial charge in [-0.1, -0.05) is 0 Å². The van der Waals surface area contributed by atoms with E-state index in [4.69, 9.17) is 9.11 Å². The smallest absolute Gasteiger partial charge is 0.294 e. The predicted molar refractivity (Wildman–Crippen MR) is 123 cm³/mol. The van der Waals surface area contributed by atoms with Gasteiger partial charge in [0, 0.05) is 24.0 Å². The third-order valence-corrected chi connectivity index (χ3v) is 6.29. The zero-order valence-electron chi connectivity index (χ0n) is 17.8. The molecule has 0 saturated heterocycles. The van der Waals surface area contributed by atoms with Crippen LogP contribution < -0.4 is 10.6 Å². The van der Waals surface area contributed by atoms with Crippen molar-refractivity contribution >= 4 is 48.9 Å². The number of nitrogens with one attached hydrogen (secondary N) is 2. The number of hydrogen-bond donors (Lipinski definition) is 4. The van der Waals surface area contributed by atoms with Crippen molar-refractivity contribution in [2.45, 2.75) is 16.7 Å². The third kappa shape index (κ3) is 5.53. The molecular formula is C20H18N6O6S2. The second-order valence-electron chi connectivity index (χ2n) is 6.82. The first kappa shape index (κ1) is 24.7. The Morgan fingerprint density at radius 1 is 0.853 bits per heavy atom. The van der Waals surface area contributed by atoms with Crippen molar-refractivity contribution in [3.8, 4) is 6.07 Å². The second kappa shape index (κ2) is 9.53. The molecule has 0 atom stereocenters. The van der Waals surface area contributed by atoms with Crippen LogP contribution >= 0.6 is 0 Å². The first-order valence-corrected chi connectivity index (χ1v) is 12.3. The van der Waals surface area contributed by atoms with Crippen LogP contribution in [-0.4, -0.2) is 38.0 Å². The molecule has 1 aromatic heterocycles. The monoisotopic (exact) mass is 502 g/mol. The van der Waals surface area contributed by atoms with E-state index in [-0.39, 0.29) is 32.7 Å². The Morgan fingerprint density at radius 2 is 1.29 bits per heavy atom. The molecule has 0 aliphatic rings. The zero-order chi connectivity index (χ0) is 25.1. The van der Waals surface area contributed by atoms with E-state index in [1.54, 1.807) is 6.92 Å². The summed E-state index contributed by atoms with van der Waals surface area (Å²) in [6, 6.07) is 12.4. The molecule has 0 bridgehead atoms. The van der Waals surface area contributed by atoms with Gasteiger partial charge in [0.25, 0.3) is 20.2 Å². The second-order valence-corrected chi connectivity index (χ2v) is 9.66. The number of pyridine rings is 1. The summed E-state index contributed by atoms with van der Waals surface area (Å²) in [5.41, 5.74) is 1.68. The molecular weight excluding hydrogens is 484 g/mol. The molecule has 3 aromatic rings. The normalized spacial score (nSPS) is 11.9. The molecule has 2 aromatic carbocycles. The van der Waals surface area contributed by atoms with Gasteiger partial charge in [0.2, 0.25) is 0 Å². The van der Waals surface area contributed by atoms with Gasteiger partial charge >= 0.3 is 0 Å². The highest BCUT2D eigenvalue weighted by molar-refractivity contribution is 7.86. The summed E-state index contributed by atoms with van der Waals surface area (Å²) in [6.45, 7) is 1.64. The van der Waals surface area contributed by atoms with E-state index in [1.807, 2.05) is 6.07 Å². The Bertz CT molecular complexity index is 1510. The number of anilines is 4. The van der Waals surface area contributed by atoms with Gasteiger partial charge in [-0.15, -0.1) is 0 Å². The quantitative estimate of drug-likeness (QED) is 0.271. The van der Waals surface area contributed by atoms with Crippen LogP contribution in [0.15, 0.2) is 68.6 Å². The lowest BCUT2D eigenvalue weighted by molar-refractivity contribution is 0.481. The molecule has 0 radical (unpaired) electrons. The van der Waals surface area contributed by atoms with Gasteiger partial charge < -0.3 is 10.6 Å².